The average Bonchev–Trinajstić information content (AvgIpc) is 2.29. The van der Waals surface area contributed by atoms with E-state index in [1.165, 1.54) is 18.2 Å². The third-order valence-electron chi connectivity index (χ3n) is 2.76. The van der Waals surface area contributed by atoms with Crippen LogP contribution in [-0.2, 0) is 0 Å². The minimum Gasteiger partial charge on any atom is -0.391 e. The number of amides is 1. The van der Waals surface area contributed by atoms with Crippen molar-refractivity contribution in [1.29, 1.82) is 0 Å². The molecule has 5 heteroatoms. The summed E-state index contributed by atoms with van der Waals surface area (Å²) in [4.78, 5) is 12.1. The second-order valence-electron chi connectivity index (χ2n) is 3.98. The minimum absolute atomic E-state index is 0.0107. The number of carbonyl (C=O) groups excluding carboxylic acids is 1. The zero-order valence-corrected chi connectivity index (χ0v) is 10.6. The second kappa shape index (κ2) is 5.23. The van der Waals surface area contributed by atoms with E-state index in [1.807, 2.05) is 6.92 Å². The molecule has 0 aromatic heterocycles. The number of carbonyl (C=O) groups is 1. The van der Waals surface area contributed by atoms with E-state index >= 15 is 0 Å². The van der Waals surface area contributed by atoms with Crippen LogP contribution in [-0.4, -0.2) is 16.4 Å². The molecule has 0 aliphatic rings. The van der Waals surface area contributed by atoms with Crippen molar-refractivity contribution in [3.63, 3.8) is 0 Å². The lowest BCUT2D eigenvalue weighted by Gasteiger charge is -2.28. The van der Waals surface area contributed by atoms with E-state index in [2.05, 4.69) is 5.32 Å². The van der Waals surface area contributed by atoms with E-state index in [9.17, 15) is 9.18 Å². The van der Waals surface area contributed by atoms with Gasteiger partial charge in [-0.05, 0) is 25.5 Å². The SMILES string of the molecule is CCC(C)(NC(=O)c1ccccc1F)C(N)=S. The van der Waals surface area contributed by atoms with Crippen molar-refractivity contribution in [3.05, 3.63) is 35.6 Å². The highest BCUT2D eigenvalue weighted by atomic mass is 32.1. The minimum atomic E-state index is -0.797. The zero-order chi connectivity index (χ0) is 13.1. The van der Waals surface area contributed by atoms with Gasteiger partial charge in [0.25, 0.3) is 5.91 Å². The van der Waals surface area contributed by atoms with Crippen LogP contribution in [0.25, 0.3) is 0 Å². The number of hydrogen-bond donors (Lipinski definition) is 2. The number of nitrogens with two attached hydrogens (primary N) is 1. The monoisotopic (exact) mass is 254 g/mol. The molecule has 0 saturated carbocycles. The fourth-order valence-electron chi connectivity index (χ4n) is 1.29. The van der Waals surface area contributed by atoms with Crippen LogP contribution in [0.3, 0.4) is 0 Å². The molecule has 17 heavy (non-hydrogen) atoms. The summed E-state index contributed by atoms with van der Waals surface area (Å²) in [6.07, 6.45) is 0.544. The molecule has 1 atom stereocenters. The topological polar surface area (TPSA) is 55.1 Å². The largest absolute Gasteiger partial charge is 0.391 e. The van der Waals surface area contributed by atoms with Gasteiger partial charge in [0, 0.05) is 0 Å². The number of benzene rings is 1. The first-order chi connectivity index (χ1) is 7.90. The molecular weight excluding hydrogens is 239 g/mol. The van der Waals surface area contributed by atoms with E-state index in [1.54, 1.807) is 13.0 Å². The predicted octanol–water partition coefficient (Wildman–Crippen LogP) is 2.01. The Balaban J connectivity index is 2.93. The Hall–Kier alpha value is -1.49. The van der Waals surface area contributed by atoms with Crippen molar-refractivity contribution in [2.24, 2.45) is 5.73 Å². The lowest BCUT2D eigenvalue weighted by atomic mass is 9.98. The maximum atomic E-state index is 13.4. The molecule has 1 rings (SSSR count). The first-order valence-electron chi connectivity index (χ1n) is 5.27. The number of rotatable bonds is 4. The standard InChI is InChI=1S/C12H15FN2OS/c1-3-12(2,11(14)17)15-10(16)8-6-4-5-7-9(8)13/h4-7H,3H2,1-2H3,(H2,14,17)(H,15,16). The number of thiocarbonyl (C=S) groups is 1. The number of halogens is 1. The Kier molecular flexibility index (Phi) is 4.17. The average molecular weight is 254 g/mol. The van der Waals surface area contributed by atoms with Crippen molar-refractivity contribution < 1.29 is 9.18 Å². The van der Waals surface area contributed by atoms with Gasteiger partial charge in [0.2, 0.25) is 0 Å². The molecule has 1 aromatic rings. The van der Waals surface area contributed by atoms with Crippen LogP contribution >= 0.6 is 12.2 Å². The fourth-order valence-corrected chi connectivity index (χ4v) is 1.48. The van der Waals surface area contributed by atoms with Crippen molar-refractivity contribution >= 4 is 23.1 Å². The smallest absolute Gasteiger partial charge is 0.255 e. The van der Waals surface area contributed by atoms with Crippen LogP contribution < -0.4 is 11.1 Å². The summed E-state index contributed by atoms with van der Waals surface area (Å²) in [5.74, 6) is -1.08. The highest BCUT2D eigenvalue weighted by molar-refractivity contribution is 7.80. The van der Waals surface area contributed by atoms with Crippen molar-refractivity contribution in [3.8, 4) is 0 Å². The molecule has 0 heterocycles. The second-order valence-corrected chi connectivity index (χ2v) is 4.42. The van der Waals surface area contributed by atoms with Gasteiger partial charge in [0.05, 0.1) is 16.1 Å². The zero-order valence-electron chi connectivity index (χ0n) is 9.79. The molecule has 0 aliphatic carbocycles. The molecule has 0 radical (unpaired) electrons. The van der Waals surface area contributed by atoms with Crippen LogP contribution in [0, 0.1) is 5.82 Å². The normalized spacial score (nSPS) is 13.8. The Morgan fingerprint density at radius 3 is 2.59 bits per heavy atom. The molecule has 0 aliphatic heterocycles. The molecular formula is C12H15FN2OS. The van der Waals surface area contributed by atoms with Gasteiger partial charge < -0.3 is 11.1 Å². The first kappa shape index (κ1) is 13.6. The Labute approximate surface area is 105 Å². The van der Waals surface area contributed by atoms with Gasteiger partial charge in [-0.25, -0.2) is 4.39 Å². The van der Waals surface area contributed by atoms with E-state index in [4.69, 9.17) is 18.0 Å². The lowest BCUT2D eigenvalue weighted by Crippen LogP contribution is -2.54. The third-order valence-corrected chi connectivity index (χ3v) is 3.21. The molecule has 0 saturated heterocycles. The summed E-state index contributed by atoms with van der Waals surface area (Å²) in [6.45, 7) is 3.56. The Bertz CT molecular complexity index is 450. The molecule has 0 bridgehead atoms. The lowest BCUT2D eigenvalue weighted by molar-refractivity contribution is 0.0922. The summed E-state index contributed by atoms with van der Waals surface area (Å²) < 4.78 is 13.4. The summed E-state index contributed by atoms with van der Waals surface area (Å²) >= 11 is 4.90. The van der Waals surface area contributed by atoms with Gasteiger partial charge in [-0.1, -0.05) is 31.3 Å². The number of hydrogen-bond acceptors (Lipinski definition) is 2. The molecule has 1 aromatic carbocycles. The van der Waals surface area contributed by atoms with Crippen molar-refractivity contribution in [2.45, 2.75) is 25.8 Å². The van der Waals surface area contributed by atoms with Gasteiger partial charge >= 0.3 is 0 Å². The summed E-state index contributed by atoms with van der Waals surface area (Å²) in [6, 6.07) is 5.78. The highest BCUT2D eigenvalue weighted by Crippen LogP contribution is 2.13. The van der Waals surface area contributed by atoms with Crippen molar-refractivity contribution in [2.75, 3.05) is 0 Å². The van der Waals surface area contributed by atoms with E-state index in [0.717, 1.165) is 0 Å². The summed E-state index contributed by atoms with van der Waals surface area (Å²) in [7, 11) is 0. The fraction of sp³-hybridized carbons (Fsp3) is 0.333. The van der Waals surface area contributed by atoms with Gasteiger partial charge in [-0.3, -0.25) is 4.79 Å². The maximum absolute atomic E-state index is 13.4. The molecule has 3 N–H and O–H groups in total. The molecule has 0 fully saturated rings. The Morgan fingerprint density at radius 2 is 2.12 bits per heavy atom. The van der Waals surface area contributed by atoms with Crippen LogP contribution in [0.5, 0.6) is 0 Å². The quantitative estimate of drug-likeness (QED) is 0.808. The predicted molar refractivity (Wildman–Crippen MR) is 69.3 cm³/mol. The third kappa shape index (κ3) is 3.00. The molecule has 1 amide bonds. The van der Waals surface area contributed by atoms with E-state index in [0.29, 0.717) is 6.42 Å². The van der Waals surface area contributed by atoms with Crippen LogP contribution in [0.2, 0.25) is 0 Å². The van der Waals surface area contributed by atoms with Crippen LogP contribution in [0.4, 0.5) is 4.39 Å². The number of nitrogens with one attached hydrogen (secondary N) is 1. The van der Waals surface area contributed by atoms with Crippen LogP contribution in [0.1, 0.15) is 30.6 Å². The first-order valence-corrected chi connectivity index (χ1v) is 5.68. The van der Waals surface area contributed by atoms with Gasteiger partial charge in [0.1, 0.15) is 5.82 Å². The summed E-state index contributed by atoms with van der Waals surface area (Å²) in [5, 5.41) is 2.65. The molecule has 1 unspecified atom stereocenters. The van der Waals surface area contributed by atoms with Crippen LogP contribution in [0.15, 0.2) is 24.3 Å². The van der Waals surface area contributed by atoms with E-state index < -0.39 is 17.3 Å². The molecule has 0 spiro atoms. The Morgan fingerprint density at radius 1 is 1.53 bits per heavy atom. The van der Waals surface area contributed by atoms with Gasteiger partial charge in [-0.2, -0.15) is 0 Å². The van der Waals surface area contributed by atoms with Gasteiger partial charge in [-0.15, -0.1) is 0 Å². The van der Waals surface area contributed by atoms with Gasteiger partial charge in [0.15, 0.2) is 0 Å². The highest BCUT2D eigenvalue weighted by Gasteiger charge is 2.28. The molecule has 92 valence electrons. The van der Waals surface area contributed by atoms with Crippen molar-refractivity contribution in [1.82, 2.24) is 5.32 Å². The van der Waals surface area contributed by atoms with E-state index in [-0.39, 0.29) is 10.6 Å². The summed E-state index contributed by atoms with van der Waals surface area (Å²) in [5.41, 5.74) is 4.76. The molecule has 3 nitrogen and oxygen atoms in total. The maximum Gasteiger partial charge on any atom is 0.255 e.